The van der Waals surface area contributed by atoms with Crippen molar-refractivity contribution in [2.75, 3.05) is 61.1 Å². The number of H-pyrrole nitrogens is 1. The summed E-state index contributed by atoms with van der Waals surface area (Å²) in [7, 11) is 6.46. The smallest absolute Gasteiger partial charge is 0.318 e. The van der Waals surface area contributed by atoms with Crippen molar-refractivity contribution in [3.63, 3.8) is 0 Å². The molecule has 1 aromatic heterocycles. The number of carbonyl (C=O) groups excluding carboxylic acids is 3. The fraction of sp³-hybridized carbons (Fsp3) is 0.630. The number of esters is 2. The molecule has 2 bridgehead atoms. The Labute approximate surface area is 349 Å². The van der Waals surface area contributed by atoms with Gasteiger partial charge in [0.05, 0.1) is 26.4 Å². The Morgan fingerprint density at radius 2 is 1.90 bits per heavy atom. The highest BCUT2D eigenvalue weighted by Crippen LogP contribution is 2.70. The zero-order chi connectivity index (χ0) is 42.7. The minimum Gasteiger partial charge on any atom is -0.497 e. The van der Waals surface area contributed by atoms with Crippen LogP contribution in [0.5, 0.6) is 5.75 Å². The first-order chi connectivity index (χ1) is 28.6. The molecule has 5 aliphatic heterocycles. The number of likely N-dealkylation sites (tertiary alicyclic amines) is 1. The number of aldehydes is 1. The molecule has 2 aromatic rings. The molecule has 1 aromatic carbocycles. The lowest BCUT2D eigenvalue weighted by Gasteiger charge is -2.63. The highest BCUT2D eigenvalue weighted by atomic mass is 19.3. The van der Waals surface area contributed by atoms with Gasteiger partial charge in [0.25, 0.3) is 0 Å². The lowest BCUT2D eigenvalue weighted by molar-refractivity contribution is -0.226. The number of halogens is 2. The SMILES string of the molecule is CC[C@]12C=CCN3CC[C@@]4(C5=CC([C@@]6(C(=O)OC)C[C@H]7CC(C(C)(F)F)CN(CCc8c6[nH]c6ccc(OC)cc86)C7)C(OC)C=C5N(C)[C@H]4[C@@](O)(C=O)[C@@H]1OC(C)=O)[C@@H]32. The third-order valence-electron chi connectivity index (χ3n) is 16.0. The van der Waals surface area contributed by atoms with Gasteiger partial charge in [-0.05, 0) is 86.9 Å². The molecule has 3 saturated heterocycles. The number of hydrogen-bond acceptors (Lipinski definition) is 11. The van der Waals surface area contributed by atoms with Gasteiger partial charge in [-0.25, -0.2) is 8.78 Å². The minimum absolute atomic E-state index is 0.202. The number of nitrogens with one attached hydrogen (secondary N) is 1. The molecule has 0 amide bonds. The summed E-state index contributed by atoms with van der Waals surface area (Å²) in [4.78, 5) is 52.0. The standard InChI is InChI=1S/C46H58F2N4O8/c1-8-43-13-9-15-52-17-14-44(38(43)52)32-20-33(36(58-6)21-35(32)50(4)39(44)46(56,25-53)40(43)60-26(2)54)45(41(55)59-7)22-27-18-28(42(3,47)48)24-51(23-27)16-12-30-31-19-29(57-5)10-11-34(31)49-37(30)45/h9-11,13,19-21,25,27-28,33,36,38-40,49,56H,8,12,14-18,22-24H2,1-7H3/t27-,28?,33?,36?,38+,39-,40-,43-,44-,45+,46+/m1/s1. The van der Waals surface area contributed by atoms with Crippen molar-refractivity contribution in [1.82, 2.24) is 19.7 Å². The molecular formula is C46H58F2N4O8. The Balaban J connectivity index is 1.32. The van der Waals surface area contributed by atoms with Gasteiger partial charge >= 0.3 is 11.9 Å². The number of nitrogens with zero attached hydrogens (tertiary/aromatic N) is 3. The number of alkyl halides is 2. The highest BCUT2D eigenvalue weighted by molar-refractivity contribution is 5.92. The van der Waals surface area contributed by atoms with Crippen LogP contribution in [0.4, 0.5) is 8.78 Å². The number of aromatic nitrogens is 1. The molecule has 12 atom stereocenters. The van der Waals surface area contributed by atoms with E-state index < -0.39 is 69.8 Å². The molecule has 4 unspecified atom stereocenters. The van der Waals surface area contributed by atoms with E-state index in [0.29, 0.717) is 63.2 Å². The summed E-state index contributed by atoms with van der Waals surface area (Å²) in [6.07, 6.45) is 8.89. The Hall–Kier alpha value is -4.11. The number of aromatic amines is 1. The van der Waals surface area contributed by atoms with E-state index >= 15 is 13.6 Å². The van der Waals surface area contributed by atoms with E-state index in [1.54, 1.807) is 14.2 Å². The monoisotopic (exact) mass is 832 g/mol. The maximum atomic E-state index is 15.4. The van der Waals surface area contributed by atoms with E-state index in [0.717, 1.165) is 34.7 Å². The van der Waals surface area contributed by atoms with Crippen molar-refractivity contribution >= 4 is 29.1 Å². The largest absolute Gasteiger partial charge is 0.497 e. The third-order valence-corrected chi connectivity index (χ3v) is 16.0. The number of likely N-dealkylation sites (N-methyl/N-ethyl adjacent to an activating group) is 1. The summed E-state index contributed by atoms with van der Waals surface area (Å²) in [6.45, 7) is 6.93. The lowest BCUT2D eigenvalue weighted by atomic mass is 9.47. The predicted molar refractivity (Wildman–Crippen MR) is 218 cm³/mol. The molecule has 324 valence electrons. The molecule has 12 nitrogen and oxygen atoms in total. The number of allylic oxidation sites excluding steroid dienone is 1. The van der Waals surface area contributed by atoms with Crippen molar-refractivity contribution in [2.45, 2.75) is 94.1 Å². The Bertz CT molecular complexity index is 2200. The van der Waals surface area contributed by atoms with Gasteiger partial charge in [-0.15, -0.1) is 0 Å². The Morgan fingerprint density at radius 3 is 2.57 bits per heavy atom. The van der Waals surface area contributed by atoms with Gasteiger partial charge in [0.15, 0.2) is 11.9 Å². The number of fused-ring (bicyclic) bond motifs is 6. The fourth-order valence-electron chi connectivity index (χ4n) is 13.8. The zero-order valence-corrected chi connectivity index (χ0v) is 35.6. The molecule has 7 aliphatic rings. The van der Waals surface area contributed by atoms with Crippen molar-refractivity contribution in [2.24, 2.45) is 28.6 Å². The van der Waals surface area contributed by atoms with Crippen LogP contribution in [0.15, 0.2) is 53.8 Å². The maximum absolute atomic E-state index is 15.4. The van der Waals surface area contributed by atoms with Gasteiger partial charge in [0, 0.05) is 98.3 Å². The van der Waals surface area contributed by atoms with Crippen LogP contribution < -0.4 is 4.74 Å². The third kappa shape index (κ3) is 5.48. The number of methoxy groups -OCH3 is 3. The van der Waals surface area contributed by atoms with Crippen LogP contribution in [0.2, 0.25) is 0 Å². The molecule has 1 spiro atoms. The first kappa shape index (κ1) is 41.3. The molecule has 14 heteroatoms. The maximum Gasteiger partial charge on any atom is 0.318 e. The number of carbonyl (C=O) groups is 3. The number of ether oxygens (including phenoxy) is 4. The molecule has 4 fully saturated rings. The highest BCUT2D eigenvalue weighted by Gasteiger charge is 2.79. The fourth-order valence-corrected chi connectivity index (χ4v) is 13.8. The van der Waals surface area contributed by atoms with E-state index in [9.17, 15) is 14.7 Å². The van der Waals surface area contributed by atoms with Gasteiger partial charge < -0.3 is 38.8 Å². The molecule has 6 heterocycles. The van der Waals surface area contributed by atoms with Crippen molar-refractivity contribution < 1.29 is 47.2 Å². The van der Waals surface area contributed by atoms with Crippen LogP contribution >= 0.6 is 0 Å². The van der Waals surface area contributed by atoms with Crippen LogP contribution in [0, 0.1) is 28.6 Å². The molecule has 2 aliphatic carbocycles. The van der Waals surface area contributed by atoms with Crippen molar-refractivity contribution in [1.29, 1.82) is 0 Å². The molecular weight excluding hydrogens is 775 g/mol. The second-order valence-electron chi connectivity index (χ2n) is 18.7. The normalized spacial score (nSPS) is 39.5. The first-order valence-corrected chi connectivity index (χ1v) is 21.4. The van der Waals surface area contributed by atoms with Crippen LogP contribution in [0.3, 0.4) is 0 Å². The summed E-state index contributed by atoms with van der Waals surface area (Å²) < 4.78 is 54.9. The summed E-state index contributed by atoms with van der Waals surface area (Å²) in [5, 5.41) is 13.9. The zero-order valence-electron chi connectivity index (χ0n) is 35.6. The van der Waals surface area contributed by atoms with Crippen LogP contribution in [0.25, 0.3) is 10.9 Å². The van der Waals surface area contributed by atoms with E-state index in [-0.39, 0.29) is 31.3 Å². The summed E-state index contributed by atoms with van der Waals surface area (Å²) in [5.74, 6) is -5.30. The number of piperidine rings is 1. The molecule has 1 saturated carbocycles. The van der Waals surface area contributed by atoms with Gasteiger partial charge in [-0.3, -0.25) is 19.3 Å². The molecule has 9 rings (SSSR count). The minimum atomic E-state index is -2.93. The van der Waals surface area contributed by atoms with Gasteiger partial charge in [0.1, 0.15) is 17.3 Å². The first-order valence-electron chi connectivity index (χ1n) is 21.4. The topological polar surface area (TPSA) is 134 Å². The van der Waals surface area contributed by atoms with Crippen molar-refractivity contribution in [3.8, 4) is 5.75 Å². The number of rotatable bonds is 8. The average Bonchev–Trinajstić information content (AvgIpc) is 3.89. The lowest BCUT2D eigenvalue weighted by Crippen LogP contribution is -2.78. The number of hydrogen-bond donors (Lipinski definition) is 2. The van der Waals surface area contributed by atoms with Gasteiger partial charge in [-0.2, -0.15) is 0 Å². The number of aliphatic hydroxyl groups is 1. The Morgan fingerprint density at radius 1 is 1.12 bits per heavy atom. The summed E-state index contributed by atoms with van der Waals surface area (Å²) >= 11 is 0. The number of benzene rings is 1. The van der Waals surface area contributed by atoms with Crippen LogP contribution in [-0.4, -0.2) is 140 Å². The van der Waals surface area contributed by atoms with E-state index in [2.05, 4.69) is 20.9 Å². The van der Waals surface area contributed by atoms with Crippen molar-refractivity contribution in [3.05, 3.63) is 65.0 Å². The van der Waals surface area contributed by atoms with Crippen LogP contribution in [-0.2, 0) is 40.4 Å². The van der Waals surface area contributed by atoms with E-state index in [4.69, 9.17) is 18.9 Å². The molecule has 60 heavy (non-hydrogen) atoms. The Kier molecular flexibility index (Phi) is 9.77. The average molecular weight is 833 g/mol. The molecule has 2 N–H and O–H groups in total. The predicted octanol–water partition coefficient (Wildman–Crippen LogP) is 4.80. The van der Waals surface area contributed by atoms with E-state index in [1.807, 2.05) is 55.3 Å². The second-order valence-corrected chi connectivity index (χ2v) is 18.7. The second kappa shape index (κ2) is 14.2. The van der Waals surface area contributed by atoms with Crippen LogP contribution in [0.1, 0.15) is 57.7 Å². The summed E-state index contributed by atoms with van der Waals surface area (Å²) in [5.41, 5.74) is -1.35. The van der Waals surface area contributed by atoms with Gasteiger partial charge in [-0.1, -0.05) is 25.2 Å². The van der Waals surface area contributed by atoms with E-state index in [1.165, 1.54) is 14.0 Å². The molecule has 0 radical (unpaired) electrons. The quantitative estimate of drug-likeness (QED) is 0.216. The summed E-state index contributed by atoms with van der Waals surface area (Å²) in [6, 6.07) is 4.65. The van der Waals surface area contributed by atoms with Gasteiger partial charge in [0.2, 0.25) is 5.92 Å².